The van der Waals surface area contributed by atoms with Crippen molar-refractivity contribution in [3.8, 4) is 0 Å². The van der Waals surface area contributed by atoms with Gasteiger partial charge in [0.15, 0.2) is 0 Å². The third-order valence-electron chi connectivity index (χ3n) is 3.38. The Labute approximate surface area is 161 Å². The lowest BCUT2D eigenvalue weighted by Crippen LogP contribution is -2.61. The van der Waals surface area contributed by atoms with Crippen LogP contribution in [-0.4, -0.2) is 54.2 Å². The van der Waals surface area contributed by atoms with Crippen LogP contribution in [0.1, 0.15) is 48.8 Å². The fourth-order valence-electron chi connectivity index (χ4n) is 2.28. The highest BCUT2D eigenvalue weighted by atomic mass is 32.1. The molecule has 27 heavy (non-hydrogen) atoms. The first kappa shape index (κ1) is 22.6. The topological polar surface area (TPSA) is 121 Å². The maximum absolute atomic E-state index is 12.5. The van der Waals surface area contributed by atoms with E-state index in [0.29, 0.717) is 9.88 Å². The first-order valence-corrected chi connectivity index (χ1v) is 9.37. The van der Waals surface area contributed by atoms with Crippen LogP contribution in [0.4, 0.5) is 0 Å². The SMILES string of the molecule is CCOC(=O)c1cnc(CCC(NC(C)=O)(C(=O)OCC)C(=O)OCC)s1. The lowest BCUT2D eigenvalue weighted by molar-refractivity contribution is -0.168. The molecule has 0 aliphatic rings. The van der Waals surface area contributed by atoms with Crippen LogP contribution in [-0.2, 0) is 35.0 Å². The van der Waals surface area contributed by atoms with Gasteiger partial charge in [-0.1, -0.05) is 0 Å². The number of hydrogen-bond acceptors (Lipinski definition) is 9. The molecule has 1 heterocycles. The van der Waals surface area contributed by atoms with Crippen LogP contribution in [0.15, 0.2) is 6.20 Å². The minimum Gasteiger partial charge on any atom is -0.464 e. The zero-order valence-corrected chi connectivity index (χ0v) is 16.6. The molecule has 0 unspecified atom stereocenters. The van der Waals surface area contributed by atoms with Crippen LogP contribution >= 0.6 is 11.3 Å². The molecular formula is C17H24N2O7S. The van der Waals surface area contributed by atoms with Crippen molar-refractivity contribution >= 4 is 35.2 Å². The van der Waals surface area contributed by atoms with Gasteiger partial charge in [0.1, 0.15) is 4.88 Å². The van der Waals surface area contributed by atoms with Crippen LogP contribution in [0.2, 0.25) is 0 Å². The highest BCUT2D eigenvalue weighted by Gasteiger charge is 2.49. The van der Waals surface area contributed by atoms with Crippen molar-refractivity contribution in [3.05, 3.63) is 16.1 Å². The maximum Gasteiger partial charge on any atom is 0.349 e. The number of esters is 3. The minimum absolute atomic E-state index is 0.0316. The van der Waals surface area contributed by atoms with Gasteiger partial charge in [-0.25, -0.2) is 19.4 Å². The average Bonchev–Trinajstić information content (AvgIpc) is 3.08. The summed E-state index contributed by atoms with van der Waals surface area (Å²) < 4.78 is 14.9. The summed E-state index contributed by atoms with van der Waals surface area (Å²) in [6, 6.07) is 0. The van der Waals surface area contributed by atoms with Gasteiger partial charge in [-0.15, -0.1) is 11.3 Å². The van der Waals surface area contributed by atoms with E-state index in [2.05, 4.69) is 10.3 Å². The first-order chi connectivity index (χ1) is 12.8. The average molecular weight is 400 g/mol. The van der Waals surface area contributed by atoms with E-state index in [4.69, 9.17) is 14.2 Å². The standard InChI is InChI=1S/C17H24N2O7S/c1-5-24-14(21)12-10-18-13(27-12)8-9-17(19-11(4)20,15(22)25-6-2)16(23)26-7-3/h10H,5-9H2,1-4H3,(H,19,20). The molecule has 0 aliphatic heterocycles. The van der Waals surface area contributed by atoms with Crippen molar-refractivity contribution < 1.29 is 33.4 Å². The zero-order valence-electron chi connectivity index (χ0n) is 15.8. The number of rotatable bonds is 10. The van der Waals surface area contributed by atoms with Gasteiger partial charge in [0, 0.05) is 13.3 Å². The quantitative estimate of drug-likeness (QED) is 0.354. The van der Waals surface area contributed by atoms with Gasteiger partial charge < -0.3 is 19.5 Å². The first-order valence-electron chi connectivity index (χ1n) is 8.55. The molecule has 0 saturated carbocycles. The molecule has 1 aromatic heterocycles. The van der Waals surface area contributed by atoms with Gasteiger partial charge in [-0.3, -0.25) is 4.79 Å². The summed E-state index contributed by atoms with van der Waals surface area (Å²) in [5, 5.41) is 2.88. The second-order valence-corrected chi connectivity index (χ2v) is 6.48. The predicted molar refractivity (Wildman–Crippen MR) is 96.2 cm³/mol. The second-order valence-electron chi connectivity index (χ2n) is 5.37. The lowest BCUT2D eigenvalue weighted by Gasteiger charge is -2.29. The van der Waals surface area contributed by atoms with Crippen molar-refractivity contribution in [2.24, 2.45) is 0 Å². The number of aryl methyl sites for hydroxylation is 1. The van der Waals surface area contributed by atoms with Gasteiger partial charge in [0.05, 0.1) is 31.0 Å². The predicted octanol–water partition coefficient (Wildman–Crippen LogP) is 1.25. The van der Waals surface area contributed by atoms with E-state index in [-0.39, 0.29) is 32.7 Å². The smallest absolute Gasteiger partial charge is 0.349 e. The molecule has 0 spiro atoms. The molecule has 0 bridgehead atoms. The normalized spacial score (nSPS) is 10.8. The van der Waals surface area contributed by atoms with Crippen molar-refractivity contribution in [3.63, 3.8) is 0 Å². The number of carbonyl (C=O) groups is 4. The Morgan fingerprint density at radius 3 is 2.07 bits per heavy atom. The number of amides is 1. The minimum atomic E-state index is -1.98. The fraction of sp³-hybridized carbons (Fsp3) is 0.588. The van der Waals surface area contributed by atoms with Crippen molar-refractivity contribution in [1.29, 1.82) is 0 Å². The largest absolute Gasteiger partial charge is 0.464 e. The number of nitrogens with one attached hydrogen (secondary N) is 1. The van der Waals surface area contributed by atoms with Crippen molar-refractivity contribution in [2.45, 2.75) is 46.1 Å². The molecular weight excluding hydrogens is 376 g/mol. The van der Waals surface area contributed by atoms with Crippen molar-refractivity contribution in [1.82, 2.24) is 10.3 Å². The highest BCUT2D eigenvalue weighted by molar-refractivity contribution is 7.13. The molecule has 150 valence electrons. The molecule has 0 saturated heterocycles. The fourth-order valence-corrected chi connectivity index (χ4v) is 3.09. The van der Waals surface area contributed by atoms with E-state index in [1.165, 1.54) is 13.1 Å². The molecule has 1 N–H and O–H groups in total. The summed E-state index contributed by atoms with van der Waals surface area (Å²) in [4.78, 5) is 52.8. The Bertz CT molecular complexity index is 669. The van der Waals surface area contributed by atoms with Gasteiger partial charge in [0.25, 0.3) is 0 Å². The van der Waals surface area contributed by atoms with E-state index in [9.17, 15) is 19.2 Å². The molecule has 1 amide bonds. The summed E-state index contributed by atoms with van der Waals surface area (Å²) in [6.45, 7) is 6.37. The third kappa shape index (κ3) is 6.02. The number of hydrogen-bond donors (Lipinski definition) is 1. The van der Waals surface area contributed by atoms with Gasteiger partial charge in [-0.2, -0.15) is 0 Å². The summed E-state index contributed by atoms with van der Waals surface area (Å²) in [6.07, 6.45) is 1.38. The van der Waals surface area contributed by atoms with Crippen LogP contribution < -0.4 is 5.32 Å². The summed E-state index contributed by atoms with van der Waals surface area (Å²) in [5.74, 6) is -2.88. The van der Waals surface area contributed by atoms with E-state index < -0.39 is 29.4 Å². The monoisotopic (exact) mass is 400 g/mol. The Hall–Kier alpha value is -2.49. The van der Waals surface area contributed by atoms with Crippen LogP contribution in [0.3, 0.4) is 0 Å². The number of ether oxygens (including phenoxy) is 3. The van der Waals surface area contributed by atoms with Crippen molar-refractivity contribution in [2.75, 3.05) is 19.8 Å². The van der Waals surface area contributed by atoms with Crippen LogP contribution in [0, 0.1) is 0 Å². The van der Waals surface area contributed by atoms with E-state index in [1.54, 1.807) is 20.8 Å². The molecule has 0 radical (unpaired) electrons. The van der Waals surface area contributed by atoms with E-state index >= 15 is 0 Å². The van der Waals surface area contributed by atoms with Crippen LogP contribution in [0.5, 0.6) is 0 Å². The summed E-state index contributed by atoms with van der Waals surface area (Å²) in [5.41, 5.74) is -1.98. The summed E-state index contributed by atoms with van der Waals surface area (Å²) >= 11 is 1.09. The van der Waals surface area contributed by atoms with Gasteiger partial charge in [0.2, 0.25) is 11.4 Å². The summed E-state index contributed by atoms with van der Waals surface area (Å²) in [7, 11) is 0. The van der Waals surface area contributed by atoms with Crippen LogP contribution in [0.25, 0.3) is 0 Å². The lowest BCUT2D eigenvalue weighted by atomic mass is 9.93. The number of aromatic nitrogens is 1. The Kier molecular flexibility index (Phi) is 8.86. The highest BCUT2D eigenvalue weighted by Crippen LogP contribution is 2.22. The zero-order chi connectivity index (χ0) is 20.4. The molecule has 10 heteroatoms. The second kappa shape index (κ2) is 10.6. The third-order valence-corrected chi connectivity index (χ3v) is 4.42. The molecule has 0 atom stereocenters. The van der Waals surface area contributed by atoms with Gasteiger partial charge in [-0.05, 0) is 27.2 Å². The number of thiazole rings is 1. The number of nitrogens with zero attached hydrogens (tertiary/aromatic N) is 1. The van der Waals surface area contributed by atoms with Gasteiger partial charge >= 0.3 is 17.9 Å². The number of carbonyl (C=O) groups excluding carboxylic acids is 4. The molecule has 0 aromatic carbocycles. The molecule has 1 rings (SSSR count). The Morgan fingerprint density at radius 2 is 1.59 bits per heavy atom. The van der Waals surface area contributed by atoms with E-state index in [1.807, 2.05) is 0 Å². The molecule has 0 aliphatic carbocycles. The van der Waals surface area contributed by atoms with E-state index in [0.717, 1.165) is 11.3 Å². The molecule has 1 aromatic rings. The molecule has 9 nitrogen and oxygen atoms in total. The Balaban J connectivity index is 3.08. The Morgan fingerprint density at radius 1 is 1.04 bits per heavy atom. The maximum atomic E-state index is 12.5. The molecule has 0 fully saturated rings.